The van der Waals surface area contributed by atoms with Gasteiger partial charge in [0, 0.05) is 24.1 Å². The molecule has 0 amide bonds. The van der Waals surface area contributed by atoms with E-state index in [2.05, 4.69) is 5.32 Å². The second kappa shape index (κ2) is 8.20. The first-order chi connectivity index (χ1) is 16.5. The molecule has 1 fully saturated rings. The summed E-state index contributed by atoms with van der Waals surface area (Å²) in [7, 11) is 6.47. The molecule has 0 spiro atoms. The molecule has 178 valence electrons. The topological polar surface area (TPSA) is 89.4 Å². The molecule has 0 aromatic heterocycles. The average Bonchev–Trinajstić information content (AvgIpc) is 3.26. The highest BCUT2D eigenvalue weighted by atomic mass is 16.5. The van der Waals surface area contributed by atoms with Gasteiger partial charge in [-0.2, -0.15) is 0 Å². The van der Waals surface area contributed by atoms with Crippen molar-refractivity contribution in [2.45, 2.75) is 29.3 Å². The monoisotopic (exact) mass is 463 g/mol. The molecule has 0 saturated heterocycles. The molecular formula is C27H29NO6. The van der Waals surface area contributed by atoms with Gasteiger partial charge in [-0.1, -0.05) is 42.5 Å². The number of likely N-dealkylation sites (N-methyl/N-ethyl adjacent to an activating group) is 1. The molecule has 7 heteroatoms. The number of aliphatic hydroxyl groups is 2. The van der Waals surface area contributed by atoms with Crippen molar-refractivity contribution in [3.63, 3.8) is 0 Å². The maximum atomic E-state index is 12.6. The highest BCUT2D eigenvalue weighted by Gasteiger charge is 2.76. The third-order valence-electron chi connectivity index (χ3n) is 7.29. The molecule has 0 radical (unpaired) electrons. The van der Waals surface area contributed by atoms with E-state index in [1.165, 1.54) is 7.11 Å². The Morgan fingerprint density at radius 2 is 1.56 bits per heavy atom. The summed E-state index contributed by atoms with van der Waals surface area (Å²) in [6.45, 7) is 0. The number of hydrogen-bond acceptors (Lipinski definition) is 7. The molecule has 1 heterocycles. The van der Waals surface area contributed by atoms with Crippen LogP contribution in [0.5, 0.6) is 23.0 Å². The first kappa shape index (κ1) is 22.5. The van der Waals surface area contributed by atoms with Crippen molar-refractivity contribution in [1.29, 1.82) is 0 Å². The van der Waals surface area contributed by atoms with Crippen LogP contribution in [0.25, 0.3) is 0 Å². The molecule has 7 nitrogen and oxygen atoms in total. The number of methoxy groups -OCH3 is 3. The van der Waals surface area contributed by atoms with Crippen molar-refractivity contribution in [1.82, 2.24) is 5.32 Å². The third kappa shape index (κ3) is 2.81. The quantitative estimate of drug-likeness (QED) is 0.518. The van der Waals surface area contributed by atoms with Gasteiger partial charge < -0.3 is 34.5 Å². The normalized spacial score (nSPS) is 29.2. The molecule has 5 rings (SSSR count). The van der Waals surface area contributed by atoms with Gasteiger partial charge in [-0.25, -0.2) is 0 Å². The standard InChI is InChI=1S/C27H29NO6/c1-28-24-22(16-8-6-5-7-9-16)27(17-10-12-18(31-2)13-11-17)26(30,25(24)29)23-20(33-4)14-19(32-3)15-21(23)34-27/h5-15,22,24-25,28-30H,1-4H3/t22-,24-,25-,26+,27+/m1/s1. The molecule has 1 aliphatic carbocycles. The highest BCUT2D eigenvalue weighted by Crippen LogP contribution is 2.68. The van der Waals surface area contributed by atoms with E-state index in [4.69, 9.17) is 18.9 Å². The van der Waals surface area contributed by atoms with Gasteiger partial charge in [-0.05, 0) is 30.3 Å². The first-order valence-corrected chi connectivity index (χ1v) is 11.2. The summed E-state index contributed by atoms with van der Waals surface area (Å²) in [5.74, 6) is 1.55. The van der Waals surface area contributed by atoms with Gasteiger partial charge in [0.15, 0.2) is 11.2 Å². The zero-order valence-electron chi connectivity index (χ0n) is 19.6. The lowest BCUT2D eigenvalue weighted by atomic mass is 9.71. The van der Waals surface area contributed by atoms with E-state index in [-0.39, 0.29) is 0 Å². The number of hydrogen-bond donors (Lipinski definition) is 3. The predicted octanol–water partition coefficient (Wildman–Crippen LogP) is 2.93. The maximum absolute atomic E-state index is 12.6. The average molecular weight is 464 g/mol. The molecule has 0 unspecified atom stereocenters. The van der Waals surface area contributed by atoms with E-state index in [1.54, 1.807) is 33.4 Å². The van der Waals surface area contributed by atoms with Crippen LogP contribution in [0.3, 0.4) is 0 Å². The third-order valence-corrected chi connectivity index (χ3v) is 7.29. The van der Waals surface area contributed by atoms with E-state index in [1.807, 2.05) is 54.6 Å². The molecular weight excluding hydrogens is 434 g/mol. The van der Waals surface area contributed by atoms with E-state index in [0.29, 0.717) is 34.1 Å². The van der Waals surface area contributed by atoms with E-state index < -0.39 is 29.3 Å². The summed E-state index contributed by atoms with van der Waals surface area (Å²) in [4.78, 5) is 0. The molecule has 34 heavy (non-hydrogen) atoms. The smallest absolute Gasteiger partial charge is 0.178 e. The largest absolute Gasteiger partial charge is 0.497 e. The molecule has 1 aliphatic heterocycles. The Bertz CT molecular complexity index is 1180. The van der Waals surface area contributed by atoms with Crippen LogP contribution >= 0.6 is 0 Å². The van der Waals surface area contributed by atoms with Crippen LogP contribution in [-0.4, -0.2) is 50.7 Å². The number of rotatable bonds is 6. The Kier molecular flexibility index (Phi) is 5.43. The predicted molar refractivity (Wildman–Crippen MR) is 127 cm³/mol. The second-order valence-electron chi connectivity index (χ2n) is 8.68. The number of fused-ring (bicyclic) bond motifs is 3. The second-order valence-corrected chi connectivity index (χ2v) is 8.68. The van der Waals surface area contributed by atoms with Gasteiger partial charge >= 0.3 is 0 Å². The minimum absolute atomic E-state index is 0.384. The van der Waals surface area contributed by atoms with Crippen molar-refractivity contribution in [2.24, 2.45) is 0 Å². The van der Waals surface area contributed by atoms with Crippen LogP contribution in [0.1, 0.15) is 22.6 Å². The van der Waals surface area contributed by atoms with E-state index in [0.717, 1.165) is 5.56 Å². The Hall–Kier alpha value is -3.26. The van der Waals surface area contributed by atoms with Gasteiger partial charge in [0.1, 0.15) is 29.1 Å². The summed E-state index contributed by atoms with van der Waals surface area (Å²) in [6.07, 6.45) is -1.21. The summed E-state index contributed by atoms with van der Waals surface area (Å²) in [5, 5.41) is 27.6. The van der Waals surface area contributed by atoms with Crippen LogP contribution in [0.15, 0.2) is 66.7 Å². The molecule has 2 aliphatic rings. The Balaban J connectivity index is 1.85. The minimum atomic E-state index is -1.83. The van der Waals surface area contributed by atoms with E-state index >= 15 is 0 Å². The SMILES string of the molecule is CN[C@H]1[C@@H](O)[C@@]2(O)c3c(OC)cc(OC)cc3O[C@@]2(c2ccc(OC)cc2)[C@@H]1c1ccccc1. The number of aliphatic hydroxyl groups excluding tert-OH is 1. The van der Waals surface area contributed by atoms with Crippen LogP contribution < -0.4 is 24.3 Å². The highest BCUT2D eigenvalue weighted by molar-refractivity contribution is 5.63. The number of nitrogens with one attached hydrogen (secondary N) is 1. The molecule has 5 atom stereocenters. The Labute approximate surface area is 198 Å². The fourth-order valence-corrected chi connectivity index (χ4v) is 5.83. The molecule has 3 aromatic rings. The summed E-state index contributed by atoms with van der Waals surface area (Å²) >= 11 is 0. The van der Waals surface area contributed by atoms with Crippen LogP contribution in [0.2, 0.25) is 0 Å². The van der Waals surface area contributed by atoms with E-state index in [9.17, 15) is 10.2 Å². The fraction of sp³-hybridized carbons (Fsp3) is 0.333. The fourth-order valence-electron chi connectivity index (χ4n) is 5.83. The minimum Gasteiger partial charge on any atom is -0.497 e. The Morgan fingerprint density at radius 3 is 2.15 bits per heavy atom. The van der Waals surface area contributed by atoms with Crippen LogP contribution in [0.4, 0.5) is 0 Å². The van der Waals surface area contributed by atoms with Gasteiger partial charge in [0.25, 0.3) is 0 Å². The molecule has 0 bridgehead atoms. The van der Waals surface area contributed by atoms with Crippen LogP contribution in [-0.2, 0) is 11.2 Å². The number of ether oxygens (including phenoxy) is 4. The zero-order chi connectivity index (χ0) is 24.1. The first-order valence-electron chi connectivity index (χ1n) is 11.2. The van der Waals surface area contributed by atoms with Crippen LogP contribution in [0, 0.1) is 0 Å². The molecule has 3 N–H and O–H groups in total. The lowest BCUT2D eigenvalue weighted by Gasteiger charge is -2.40. The lowest BCUT2D eigenvalue weighted by molar-refractivity contribution is -0.151. The molecule has 3 aromatic carbocycles. The summed E-state index contributed by atoms with van der Waals surface area (Å²) in [6, 6.07) is 20.1. The summed E-state index contributed by atoms with van der Waals surface area (Å²) in [5.41, 5.74) is -1.17. The van der Waals surface area contributed by atoms with Crippen molar-refractivity contribution < 1.29 is 29.2 Å². The molecule has 1 saturated carbocycles. The zero-order valence-corrected chi connectivity index (χ0v) is 19.6. The van der Waals surface area contributed by atoms with Gasteiger partial charge in [0.05, 0.1) is 26.9 Å². The van der Waals surface area contributed by atoms with Crippen molar-refractivity contribution >= 4 is 0 Å². The van der Waals surface area contributed by atoms with Crippen molar-refractivity contribution in [3.05, 3.63) is 83.4 Å². The maximum Gasteiger partial charge on any atom is 0.178 e. The van der Waals surface area contributed by atoms with Crippen molar-refractivity contribution in [3.8, 4) is 23.0 Å². The van der Waals surface area contributed by atoms with Gasteiger partial charge in [0.2, 0.25) is 0 Å². The Morgan fingerprint density at radius 1 is 0.882 bits per heavy atom. The lowest BCUT2D eigenvalue weighted by Crippen LogP contribution is -2.52. The summed E-state index contributed by atoms with van der Waals surface area (Å²) < 4.78 is 23.3. The number of benzene rings is 3. The van der Waals surface area contributed by atoms with Crippen molar-refractivity contribution in [2.75, 3.05) is 28.4 Å². The van der Waals surface area contributed by atoms with Gasteiger partial charge in [-0.3, -0.25) is 0 Å². The van der Waals surface area contributed by atoms with Gasteiger partial charge in [-0.15, -0.1) is 0 Å².